The van der Waals surface area contributed by atoms with Gasteiger partial charge in [-0.2, -0.15) is 13.2 Å². The lowest BCUT2D eigenvalue weighted by Gasteiger charge is -2.07. The summed E-state index contributed by atoms with van der Waals surface area (Å²) in [7, 11) is 1.83. The molecule has 0 spiro atoms. The van der Waals surface area contributed by atoms with E-state index >= 15 is 0 Å². The third-order valence-electron chi connectivity index (χ3n) is 3.62. The van der Waals surface area contributed by atoms with E-state index in [0.29, 0.717) is 11.5 Å². The highest BCUT2D eigenvalue weighted by atomic mass is 32.2. The first kappa shape index (κ1) is 19.7. The lowest BCUT2D eigenvalue weighted by Crippen LogP contribution is -2.15. The van der Waals surface area contributed by atoms with Crippen molar-refractivity contribution in [2.75, 3.05) is 0 Å². The minimum atomic E-state index is -4.51. The number of carbonyl (C=O) groups excluding carboxylic acids is 1. The van der Waals surface area contributed by atoms with Crippen molar-refractivity contribution < 1.29 is 27.1 Å². The van der Waals surface area contributed by atoms with Crippen LogP contribution in [0.15, 0.2) is 63.4 Å². The summed E-state index contributed by atoms with van der Waals surface area (Å²) in [4.78, 5) is 28.3. The number of ether oxygens (including phenoxy) is 1. The number of halogens is 3. The number of rotatable bonds is 5. The van der Waals surface area contributed by atoms with Crippen molar-refractivity contribution in [1.29, 1.82) is 0 Å². The van der Waals surface area contributed by atoms with E-state index in [0.717, 1.165) is 35.7 Å². The SMILES string of the molecule is Cn1ccnc1SCc1cc(=O)c(OC(=O)c2ccc(C(F)(F)F)cc2)co1. The van der Waals surface area contributed by atoms with Crippen molar-refractivity contribution in [2.24, 2.45) is 7.05 Å². The molecule has 3 rings (SSSR count). The molecule has 146 valence electrons. The highest BCUT2D eigenvalue weighted by Crippen LogP contribution is 2.29. The molecule has 2 aromatic heterocycles. The van der Waals surface area contributed by atoms with Gasteiger partial charge in [-0.05, 0) is 24.3 Å². The lowest BCUT2D eigenvalue weighted by atomic mass is 10.1. The van der Waals surface area contributed by atoms with Gasteiger partial charge in [0.15, 0.2) is 5.16 Å². The molecule has 0 fully saturated rings. The summed E-state index contributed by atoms with van der Waals surface area (Å²) in [6.07, 6.45) is -0.0878. The quantitative estimate of drug-likeness (QED) is 0.469. The zero-order valence-corrected chi connectivity index (χ0v) is 15.2. The first-order valence-corrected chi connectivity index (χ1v) is 8.84. The van der Waals surface area contributed by atoms with E-state index in [9.17, 15) is 22.8 Å². The van der Waals surface area contributed by atoms with Gasteiger partial charge in [-0.15, -0.1) is 0 Å². The number of esters is 1. The van der Waals surface area contributed by atoms with Gasteiger partial charge in [0, 0.05) is 25.5 Å². The van der Waals surface area contributed by atoms with Crippen molar-refractivity contribution in [3.05, 3.63) is 76.1 Å². The van der Waals surface area contributed by atoms with Gasteiger partial charge in [0.05, 0.1) is 16.9 Å². The predicted octanol–water partition coefficient (Wildman–Crippen LogP) is 3.90. The smallest absolute Gasteiger partial charge is 0.416 e. The molecular formula is C18H13F3N2O4S. The number of hydrogen-bond acceptors (Lipinski definition) is 6. The molecule has 6 nitrogen and oxygen atoms in total. The molecule has 0 saturated carbocycles. The van der Waals surface area contributed by atoms with Crippen LogP contribution in [0.4, 0.5) is 13.2 Å². The van der Waals surface area contributed by atoms with Crippen molar-refractivity contribution >= 4 is 17.7 Å². The molecular weight excluding hydrogens is 397 g/mol. The summed E-state index contributed by atoms with van der Waals surface area (Å²) in [5, 5.41) is 0.737. The van der Waals surface area contributed by atoms with Gasteiger partial charge in [-0.3, -0.25) is 4.79 Å². The van der Waals surface area contributed by atoms with E-state index in [1.165, 1.54) is 17.8 Å². The Kier molecular flexibility index (Phi) is 5.59. The van der Waals surface area contributed by atoms with Crippen LogP contribution >= 0.6 is 11.8 Å². The van der Waals surface area contributed by atoms with Crippen LogP contribution in [0, 0.1) is 0 Å². The highest BCUT2D eigenvalue weighted by molar-refractivity contribution is 7.98. The van der Waals surface area contributed by atoms with Gasteiger partial charge in [-0.1, -0.05) is 11.8 Å². The standard InChI is InChI=1S/C18H13F3N2O4S/c1-23-7-6-22-17(23)28-10-13-8-14(24)15(9-26-13)27-16(25)11-2-4-12(5-3-11)18(19,20)21/h2-9H,10H2,1H3. The number of benzene rings is 1. The minimum absolute atomic E-state index is 0.123. The third-order valence-corrected chi connectivity index (χ3v) is 4.70. The molecule has 0 amide bonds. The zero-order chi connectivity index (χ0) is 20.3. The number of hydrogen-bond donors (Lipinski definition) is 0. The minimum Gasteiger partial charge on any atom is -0.464 e. The van der Waals surface area contributed by atoms with Gasteiger partial charge in [0.2, 0.25) is 11.2 Å². The fourth-order valence-electron chi connectivity index (χ4n) is 2.17. The molecule has 0 N–H and O–H groups in total. The molecule has 1 aromatic carbocycles. The molecule has 3 aromatic rings. The summed E-state index contributed by atoms with van der Waals surface area (Å²) in [6, 6.07) is 4.66. The summed E-state index contributed by atoms with van der Waals surface area (Å²) in [5.41, 5.74) is -1.60. The molecule has 0 saturated heterocycles. The van der Waals surface area contributed by atoms with Gasteiger partial charge >= 0.3 is 12.1 Å². The largest absolute Gasteiger partial charge is 0.464 e. The summed E-state index contributed by atoms with van der Waals surface area (Å²) < 4.78 is 49.7. The zero-order valence-electron chi connectivity index (χ0n) is 14.4. The van der Waals surface area contributed by atoms with Crippen LogP contribution in [0.3, 0.4) is 0 Å². The molecule has 0 unspecified atom stereocenters. The molecule has 0 aliphatic carbocycles. The van der Waals surface area contributed by atoms with Crippen LogP contribution in [-0.2, 0) is 19.0 Å². The first-order valence-electron chi connectivity index (χ1n) is 7.85. The highest BCUT2D eigenvalue weighted by Gasteiger charge is 2.30. The van der Waals surface area contributed by atoms with E-state index in [1.807, 2.05) is 11.6 Å². The van der Waals surface area contributed by atoms with Crippen LogP contribution in [0.2, 0.25) is 0 Å². The molecule has 0 aliphatic heterocycles. The lowest BCUT2D eigenvalue weighted by molar-refractivity contribution is -0.137. The first-order chi connectivity index (χ1) is 13.2. The van der Waals surface area contributed by atoms with Crippen LogP contribution in [0.1, 0.15) is 21.7 Å². The Bertz CT molecular complexity index is 1040. The Morgan fingerprint density at radius 1 is 1.29 bits per heavy atom. The Morgan fingerprint density at radius 2 is 2.00 bits per heavy atom. The predicted molar refractivity (Wildman–Crippen MR) is 94.1 cm³/mol. The summed E-state index contributed by atoms with van der Waals surface area (Å²) in [6.45, 7) is 0. The molecule has 0 radical (unpaired) electrons. The summed E-state index contributed by atoms with van der Waals surface area (Å²) >= 11 is 1.35. The van der Waals surface area contributed by atoms with E-state index < -0.39 is 23.1 Å². The van der Waals surface area contributed by atoms with E-state index in [1.54, 1.807) is 12.4 Å². The van der Waals surface area contributed by atoms with Crippen molar-refractivity contribution in [1.82, 2.24) is 9.55 Å². The molecule has 0 atom stereocenters. The second-order valence-electron chi connectivity index (χ2n) is 5.65. The Balaban J connectivity index is 1.66. The Labute approximate surface area is 161 Å². The van der Waals surface area contributed by atoms with E-state index in [-0.39, 0.29) is 11.3 Å². The van der Waals surface area contributed by atoms with Crippen LogP contribution < -0.4 is 10.2 Å². The molecule has 0 bridgehead atoms. The fraction of sp³-hybridized carbons (Fsp3) is 0.167. The molecule has 2 heterocycles. The van der Waals surface area contributed by atoms with Crippen molar-refractivity contribution in [2.45, 2.75) is 17.1 Å². The average molecular weight is 410 g/mol. The summed E-state index contributed by atoms with van der Waals surface area (Å²) in [5.74, 6) is -0.619. The van der Waals surface area contributed by atoms with Gasteiger partial charge in [0.25, 0.3) is 0 Å². The van der Waals surface area contributed by atoms with Gasteiger partial charge in [-0.25, -0.2) is 9.78 Å². The van der Waals surface area contributed by atoms with Crippen LogP contribution in [0.5, 0.6) is 5.75 Å². The number of nitrogens with zero attached hydrogens (tertiary/aromatic N) is 2. The fourth-order valence-corrected chi connectivity index (χ4v) is 2.99. The normalized spacial score (nSPS) is 11.4. The third kappa shape index (κ3) is 4.63. The maximum Gasteiger partial charge on any atom is 0.416 e. The molecule has 10 heteroatoms. The molecule has 28 heavy (non-hydrogen) atoms. The maximum absolute atomic E-state index is 12.6. The second kappa shape index (κ2) is 7.93. The van der Waals surface area contributed by atoms with Crippen molar-refractivity contribution in [3.63, 3.8) is 0 Å². The monoisotopic (exact) mass is 410 g/mol. The van der Waals surface area contributed by atoms with Gasteiger partial charge in [0.1, 0.15) is 12.0 Å². The topological polar surface area (TPSA) is 74.3 Å². The second-order valence-corrected chi connectivity index (χ2v) is 6.59. The van der Waals surface area contributed by atoms with Crippen LogP contribution in [0.25, 0.3) is 0 Å². The molecule has 0 aliphatic rings. The van der Waals surface area contributed by atoms with E-state index in [4.69, 9.17) is 9.15 Å². The Hall–Kier alpha value is -3.01. The van der Waals surface area contributed by atoms with Crippen LogP contribution in [-0.4, -0.2) is 15.5 Å². The number of imidazole rings is 1. The maximum atomic E-state index is 12.6. The van der Waals surface area contributed by atoms with Gasteiger partial charge < -0.3 is 13.7 Å². The average Bonchev–Trinajstić information content (AvgIpc) is 3.06. The number of aryl methyl sites for hydroxylation is 1. The Morgan fingerprint density at radius 3 is 2.57 bits per heavy atom. The number of aromatic nitrogens is 2. The number of carbonyl (C=O) groups is 1. The van der Waals surface area contributed by atoms with E-state index in [2.05, 4.69) is 4.98 Å². The number of alkyl halides is 3. The number of thioether (sulfide) groups is 1. The van der Waals surface area contributed by atoms with Crippen molar-refractivity contribution in [3.8, 4) is 5.75 Å².